The zero-order chi connectivity index (χ0) is 21.0. The van der Waals surface area contributed by atoms with Crippen molar-refractivity contribution in [2.75, 3.05) is 12.1 Å². The number of hydrogen-bond acceptors (Lipinski definition) is 5. The maximum atomic E-state index is 12.9. The molecule has 1 heterocycles. The molecule has 1 atom stereocenters. The zero-order valence-corrected chi connectivity index (χ0v) is 16.7. The average Bonchev–Trinajstić information content (AvgIpc) is 3.13. The normalized spacial score (nSPS) is 13.1. The second-order valence-corrected chi connectivity index (χ2v) is 7.25. The molecule has 2 aromatic carbocycles. The van der Waals surface area contributed by atoms with Crippen LogP contribution < -0.4 is 20.1 Å². The van der Waals surface area contributed by atoms with Gasteiger partial charge in [-0.1, -0.05) is 44.2 Å². The molecule has 2 N–H and O–H groups in total. The van der Waals surface area contributed by atoms with Crippen molar-refractivity contribution in [3.63, 3.8) is 0 Å². The fourth-order valence-corrected chi connectivity index (χ4v) is 3.09. The van der Waals surface area contributed by atoms with Crippen LogP contribution in [0.25, 0.3) is 0 Å². The van der Waals surface area contributed by atoms with Gasteiger partial charge in [0.15, 0.2) is 17.3 Å². The van der Waals surface area contributed by atoms with Crippen LogP contribution in [0.1, 0.15) is 36.7 Å². The molecule has 7 nitrogen and oxygen atoms in total. The van der Waals surface area contributed by atoms with Gasteiger partial charge in [0.2, 0.25) is 18.6 Å². The zero-order valence-electron chi connectivity index (χ0n) is 16.7. The Morgan fingerprint density at radius 3 is 2.31 bits per heavy atom. The minimum Gasteiger partial charge on any atom is -0.454 e. The van der Waals surface area contributed by atoms with Crippen LogP contribution in [-0.4, -0.2) is 30.4 Å². The first-order chi connectivity index (χ1) is 13.8. The highest BCUT2D eigenvalue weighted by atomic mass is 16.7. The number of carbonyl (C=O) groups is 3. The molecule has 0 saturated carbocycles. The van der Waals surface area contributed by atoms with Gasteiger partial charge in [0, 0.05) is 11.6 Å². The summed E-state index contributed by atoms with van der Waals surface area (Å²) < 4.78 is 10.6. The molecule has 1 aliphatic rings. The van der Waals surface area contributed by atoms with Crippen LogP contribution in [0.2, 0.25) is 0 Å². The summed E-state index contributed by atoms with van der Waals surface area (Å²) in [5, 5.41) is 5.56. The molecule has 0 aromatic heterocycles. The Kier molecular flexibility index (Phi) is 6.16. The summed E-state index contributed by atoms with van der Waals surface area (Å²) >= 11 is 0. The topological polar surface area (TPSA) is 93.7 Å². The number of carbonyl (C=O) groups excluding carboxylic acids is 3. The largest absolute Gasteiger partial charge is 0.454 e. The Balaban J connectivity index is 1.75. The molecule has 0 fully saturated rings. The summed E-state index contributed by atoms with van der Waals surface area (Å²) in [5.41, 5.74) is 1.51. The summed E-state index contributed by atoms with van der Waals surface area (Å²) in [6, 6.07) is 11.7. The minimum atomic E-state index is -0.753. The molecule has 0 aliphatic carbocycles. The second-order valence-electron chi connectivity index (χ2n) is 7.25. The van der Waals surface area contributed by atoms with Crippen molar-refractivity contribution in [2.24, 2.45) is 5.92 Å². The fraction of sp³-hybridized carbons (Fsp3) is 0.318. The van der Waals surface area contributed by atoms with E-state index in [2.05, 4.69) is 10.6 Å². The van der Waals surface area contributed by atoms with E-state index in [1.165, 1.54) is 6.92 Å². The molecule has 0 radical (unpaired) electrons. The monoisotopic (exact) mass is 396 g/mol. The first-order valence-electron chi connectivity index (χ1n) is 9.44. The van der Waals surface area contributed by atoms with Crippen molar-refractivity contribution < 1.29 is 23.9 Å². The van der Waals surface area contributed by atoms with Crippen molar-refractivity contribution in [1.29, 1.82) is 0 Å². The number of hydrogen-bond donors (Lipinski definition) is 2. The molecular weight excluding hydrogens is 372 g/mol. The van der Waals surface area contributed by atoms with Crippen molar-refractivity contribution in [2.45, 2.75) is 33.2 Å². The van der Waals surface area contributed by atoms with E-state index in [0.717, 1.165) is 5.56 Å². The number of ether oxygens (including phenoxy) is 2. The Bertz CT molecular complexity index is 924. The molecule has 2 aromatic rings. The number of benzene rings is 2. The summed E-state index contributed by atoms with van der Waals surface area (Å²) in [6.45, 7) is 5.17. The number of ketones is 1. The highest BCUT2D eigenvalue weighted by Gasteiger charge is 2.27. The smallest absolute Gasteiger partial charge is 0.247 e. The van der Waals surface area contributed by atoms with E-state index < -0.39 is 11.9 Å². The number of nitrogens with one attached hydrogen (secondary N) is 2. The van der Waals surface area contributed by atoms with E-state index >= 15 is 0 Å². The van der Waals surface area contributed by atoms with Gasteiger partial charge < -0.3 is 20.1 Å². The van der Waals surface area contributed by atoms with Crippen molar-refractivity contribution in [3.05, 3.63) is 53.6 Å². The lowest BCUT2D eigenvalue weighted by Crippen LogP contribution is -2.47. The first kappa shape index (κ1) is 20.4. The van der Waals surface area contributed by atoms with Gasteiger partial charge in [-0.3, -0.25) is 14.4 Å². The van der Waals surface area contributed by atoms with Crippen LogP contribution in [0.15, 0.2) is 42.5 Å². The number of anilines is 1. The molecule has 0 spiro atoms. The fourth-order valence-electron chi connectivity index (χ4n) is 3.09. The summed E-state index contributed by atoms with van der Waals surface area (Å²) in [5.74, 6) is -0.0908. The highest BCUT2D eigenvalue weighted by Crippen LogP contribution is 2.37. The SMILES string of the molecule is CC(=O)c1cc2c(cc1NC(=O)[C@@H](NC(=O)Cc1ccccc1)C(C)C)OCO2. The van der Waals surface area contributed by atoms with Crippen molar-refractivity contribution in [1.82, 2.24) is 5.32 Å². The minimum absolute atomic E-state index is 0.0637. The van der Waals surface area contributed by atoms with Crippen LogP contribution in [0.5, 0.6) is 11.5 Å². The molecule has 0 saturated heterocycles. The lowest BCUT2D eigenvalue weighted by Gasteiger charge is -2.22. The van der Waals surface area contributed by atoms with Gasteiger partial charge in [-0.2, -0.15) is 0 Å². The molecule has 3 rings (SSSR count). The standard InChI is InChI=1S/C22H24N2O5/c1-13(2)21(24-20(26)9-15-7-5-4-6-8-15)22(27)23-17-11-19-18(28-12-29-19)10-16(17)14(3)25/h4-8,10-11,13,21H,9,12H2,1-3H3,(H,23,27)(H,24,26)/t21-/m0/s1. The van der Waals surface area contributed by atoms with Gasteiger partial charge in [0.1, 0.15) is 6.04 Å². The summed E-state index contributed by atoms with van der Waals surface area (Å²) in [7, 11) is 0. The van der Waals surface area contributed by atoms with Crippen molar-refractivity contribution in [3.8, 4) is 11.5 Å². The van der Waals surface area contributed by atoms with E-state index in [9.17, 15) is 14.4 Å². The van der Waals surface area contributed by atoms with E-state index in [-0.39, 0.29) is 30.8 Å². The van der Waals surface area contributed by atoms with Crippen molar-refractivity contribution >= 4 is 23.3 Å². The third-order valence-electron chi connectivity index (χ3n) is 4.62. The molecule has 1 aliphatic heterocycles. The second kappa shape index (κ2) is 8.77. The van der Waals surface area contributed by atoms with E-state index in [1.807, 2.05) is 44.2 Å². The number of Topliss-reactive ketones (excluding diaryl/α,β-unsaturated/α-hetero) is 1. The van der Waals surface area contributed by atoms with Gasteiger partial charge in [0.05, 0.1) is 12.1 Å². The maximum Gasteiger partial charge on any atom is 0.247 e. The van der Waals surface area contributed by atoms with Gasteiger partial charge >= 0.3 is 0 Å². The highest BCUT2D eigenvalue weighted by molar-refractivity contribution is 6.06. The molecule has 29 heavy (non-hydrogen) atoms. The average molecular weight is 396 g/mol. The quantitative estimate of drug-likeness (QED) is 0.702. The van der Waals surface area contributed by atoms with Crippen LogP contribution in [0, 0.1) is 5.92 Å². The van der Waals surface area contributed by atoms with Gasteiger partial charge in [0.25, 0.3) is 0 Å². The predicted molar refractivity (Wildman–Crippen MR) is 108 cm³/mol. The molecular formula is C22H24N2O5. The molecule has 2 amide bonds. The van der Waals surface area contributed by atoms with E-state index in [4.69, 9.17) is 9.47 Å². The van der Waals surface area contributed by atoms with Gasteiger partial charge in [-0.25, -0.2) is 0 Å². The Hall–Kier alpha value is -3.35. The molecule has 0 bridgehead atoms. The van der Waals surface area contributed by atoms with Crippen LogP contribution in [0.3, 0.4) is 0 Å². The third-order valence-corrected chi connectivity index (χ3v) is 4.62. The predicted octanol–water partition coefficient (Wildman–Crippen LogP) is 2.94. The number of amides is 2. The third kappa shape index (κ3) is 4.93. The molecule has 152 valence electrons. The first-order valence-corrected chi connectivity index (χ1v) is 9.44. The maximum absolute atomic E-state index is 12.9. The Morgan fingerprint density at radius 1 is 1.03 bits per heavy atom. The molecule has 7 heteroatoms. The number of rotatable bonds is 7. The van der Waals surface area contributed by atoms with Gasteiger partial charge in [-0.05, 0) is 24.5 Å². The Morgan fingerprint density at radius 2 is 1.69 bits per heavy atom. The lowest BCUT2D eigenvalue weighted by molar-refractivity contribution is -0.127. The van der Waals surface area contributed by atoms with Crippen LogP contribution in [-0.2, 0) is 16.0 Å². The number of fused-ring (bicyclic) bond motifs is 1. The van der Waals surface area contributed by atoms with Crippen LogP contribution in [0.4, 0.5) is 5.69 Å². The Labute approximate surface area is 169 Å². The summed E-state index contributed by atoms with van der Waals surface area (Å²) in [4.78, 5) is 37.4. The van der Waals surface area contributed by atoms with E-state index in [0.29, 0.717) is 22.7 Å². The van der Waals surface area contributed by atoms with Gasteiger partial charge in [-0.15, -0.1) is 0 Å². The van der Waals surface area contributed by atoms with Crippen LogP contribution >= 0.6 is 0 Å². The lowest BCUT2D eigenvalue weighted by atomic mass is 10.0. The van der Waals surface area contributed by atoms with E-state index in [1.54, 1.807) is 12.1 Å². The molecule has 0 unspecified atom stereocenters. The summed E-state index contributed by atoms with van der Waals surface area (Å²) in [6.07, 6.45) is 0.181.